The second-order valence-electron chi connectivity index (χ2n) is 6.20. The van der Waals surface area contributed by atoms with Crippen molar-refractivity contribution >= 4 is 22.8 Å². The Morgan fingerprint density at radius 1 is 1.07 bits per heavy atom. The topological polar surface area (TPSA) is 103 Å². The molecule has 0 spiro atoms. The van der Waals surface area contributed by atoms with E-state index in [4.69, 9.17) is 15.2 Å². The maximum Gasteiger partial charge on any atom is 0.337 e. The van der Waals surface area contributed by atoms with Gasteiger partial charge in [-0.05, 0) is 42.0 Å². The van der Waals surface area contributed by atoms with Crippen LogP contribution in [0, 0.1) is 0 Å². The second-order valence-corrected chi connectivity index (χ2v) is 6.20. The molecule has 0 aliphatic heterocycles. The van der Waals surface area contributed by atoms with Gasteiger partial charge in [0.05, 0.1) is 36.4 Å². The van der Waals surface area contributed by atoms with Crippen molar-refractivity contribution in [1.29, 1.82) is 0 Å². The molecule has 0 aliphatic carbocycles. The SMILES string of the molecule is COC(=O)c1ccc2nc(-c3cc(-c4cccc(OC)c4)cnc3N)[nH]c2c1. The molecule has 140 valence electrons. The van der Waals surface area contributed by atoms with E-state index in [1.165, 1.54) is 7.11 Å². The molecule has 7 nitrogen and oxygen atoms in total. The van der Waals surface area contributed by atoms with Crippen molar-refractivity contribution < 1.29 is 14.3 Å². The summed E-state index contributed by atoms with van der Waals surface area (Å²) in [6.45, 7) is 0. The van der Waals surface area contributed by atoms with E-state index < -0.39 is 5.97 Å². The highest BCUT2D eigenvalue weighted by molar-refractivity contribution is 5.94. The lowest BCUT2D eigenvalue weighted by atomic mass is 10.0. The van der Waals surface area contributed by atoms with Gasteiger partial charge in [0.15, 0.2) is 0 Å². The van der Waals surface area contributed by atoms with E-state index in [0.29, 0.717) is 33.8 Å². The Hall–Kier alpha value is -3.87. The molecule has 0 aliphatic rings. The van der Waals surface area contributed by atoms with E-state index in [9.17, 15) is 4.79 Å². The average molecular weight is 374 g/mol. The predicted molar refractivity (Wildman–Crippen MR) is 107 cm³/mol. The van der Waals surface area contributed by atoms with Gasteiger partial charge in [-0.15, -0.1) is 0 Å². The Labute approximate surface area is 161 Å². The van der Waals surface area contributed by atoms with Gasteiger partial charge in [-0.2, -0.15) is 0 Å². The number of hydrogen-bond acceptors (Lipinski definition) is 6. The van der Waals surface area contributed by atoms with E-state index in [1.807, 2.05) is 30.3 Å². The van der Waals surface area contributed by atoms with Crippen LogP contribution < -0.4 is 10.5 Å². The highest BCUT2D eigenvalue weighted by atomic mass is 16.5. The molecule has 0 saturated carbocycles. The highest BCUT2D eigenvalue weighted by Gasteiger charge is 2.13. The molecule has 7 heteroatoms. The molecule has 4 aromatic rings. The zero-order valence-electron chi connectivity index (χ0n) is 15.4. The minimum atomic E-state index is -0.403. The van der Waals surface area contributed by atoms with Crippen molar-refractivity contribution in [3.8, 4) is 28.3 Å². The number of H-pyrrole nitrogens is 1. The van der Waals surface area contributed by atoms with Gasteiger partial charge < -0.3 is 20.2 Å². The second kappa shape index (κ2) is 7.03. The fourth-order valence-corrected chi connectivity index (χ4v) is 3.01. The van der Waals surface area contributed by atoms with E-state index in [0.717, 1.165) is 16.9 Å². The lowest BCUT2D eigenvalue weighted by molar-refractivity contribution is 0.0601. The zero-order valence-corrected chi connectivity index (χ0v) is 15.4. The Morgan fingerprint density at radius 3 is 2.71 bits per heavy atom. The summed E-state index contributed by atoms with van der Waals surface area (Å²) < 4.78 is 10.1. The fourth-order valence-electron chi connectivity index (χ4n) is 3.01. The van der Waals surface area contributed by atoms with Crippen molar-refractivity contribution in [1.82, 2.24) is 15.0 Å². The molecule has 2 aromatic heterocycles. The number of benzene rings is 2. The van der Waals surface area contributed by atoms with Crippen LogP contribution in [0.15, 0.2) is 54.7 Å². The van der Waals surface area contributed by atoms with E-state index >= 15 is 0 Å². The number of nitrogens with two attached hydrogens (primary N) is 1. The molecule has 0 fully saturated rings. The first-order valence-electron chi connectivity index (χ1n) is 8.57. The third-order valence-corrected chi connectivity index (χ3v) is 4.48. The number of carbonyl (C=O) groups is 1. The Kier molecular flexibility index (Phi) is 4.41. The number of methoxy groups -OCH3 is 2. The first-order chi connectivity index (χ1) is 13.6. The smallest absolute Gasteiger partial charge is 0.337 e. The number of imidazole rings is 1. The van der Waals surface area contributed by atoms with Crippen LogP contribution in [0.1, 0.15) is 10.4 Å². The van der Waals surface area contributed by atoms with Crippen LogP contribution in [0.4, 0.5) is 5.82 Å². The number of fused-ring (bicyclic) bond motifs is 1. The number of anilines is 1. The number of nitrogen functional groups attached to an aromatic ring is 1. The van der Waals surface area contributed by atoms with Crippen LogP contribution in [0.3, 0.4) is 0 Å². The molecule has 0 radical (unpaired) electrons. The molecule has 4 rings (SSSR count). The van der Waals surface area contributed by atoms with Crippen molar-refractivity contribution in [3.63, 3.8) is 0 Å². The summed E-state index contributed by atoms with van der Waals surface area (Å²) in [5.41, 5.74) is 10.5. The first kappa shape index (κ1) is 17.5. The lowest BCUT2D eigenvalue weighted by Gasteiger charge is -2.07. The fraction of sp³-hybridized carbons (Fsp3) is 0.0952. The van der Waals surface area contributed by atoms with Gasteiger partial charge in [-0.25, -0.2) is 14.8 Å². The number of aromatic amines is 1. The number of hydrogen-bond donors (Lipinski definition) is 2. The molecule has 0 atom stereocenters. The third kappa shape index (κ3) is 3.14. The minimum absolute atomic E-state index is 0.360. The van der Waals surface area contributed by atoms with Gasteiger partial charge in [-0.3, -0.25) is 0 Å². The van der Waals surface area contributed by atoms with Crippen LogP contribution in [-0.4, -0.2) is 35.1 Å². The van der Waals surface area contributed by atoms with Gasteiger partial charge >= 0.3 is 5.97 Å². The maximum atomic E-state index is 11.7. The standard InChI is InChI=1S/C21H18N4O3/c1-27-15-5-3-4-12(8-15)14-9-16(19(22)23-11-14)20-24-17-7-6-13(21(26)28-2)10-18(17)25-20/h3-11H,1-2H3,(H2,22,23)(H,24,25). The number of aromatic nitrogens is 3. The summed E-state index contributed by atoms with van der Waals surface area (Å²) in [4.78, 5) is 23.9. The Bertz CT molecular complexity index is 1180. The van der Waals surface area contributed by atoms with Crippen molar-refractivity contribution in [2.45, 2.75) is 0 Å². The summed E-state index contributed by atoms with van der Waals surface area (Å²) in [5, 5.41) is 0. The van der Waals surface area contributed by atoms with Crippen LogP contribution >= 0.6 is 0 Å². The average Bonchev–Trinajstić information content (AvgIpc) is 3.16. The highest BCUT2D eigenvalue weighted by Crippen LogP contribution is 2.30. The van der Waals surface area contributed by atoms with Gasteiger partial charge in [0, 0.05) is 11.8 Å². The van der Waals surface area contributed by atoms with E-state index in [-0.39, 0.29) is 0 Å². The first-order valence-corrected chi connectivity index (χ1v) is 8.57. The predicted octanol–water partition coefficient (Wildman–Crippen LogP) is 3.67. The van der Waals surface area contributed by atoms with Gasteiger partial charge in [0.2, 0.25) is 0 Å². The molecule has 0 amide bonds. The van der Waals surface area contributed by atoms with Crippen molar-refractivity contribution in [2.75, 3.05) is 20.0 Å². The number of rotatable bonds is 4. The third-order valence-electron chi connectivity index (χ3n) is 4.48. The largest absolute Gasteiger partial charge is 0.497 e. The molecule has 3 N–H and O–H groups in total. The summed E-state index contributed by atoms with van der Waals surface area (Å²) in [6, 6.07) is 14.8. The van der Waals surface area contributed by atoms with Crippen molar-refractivity contribution in [2.24, 2.45) is 0 Å². The van der Waals surface area contributed by atoms with E-state index in [1.54, 1.807) is 31.5 Å². The van der Waals surface area contributed by atoms with Crippen LogP contribution in [0.25, 0.3) is 33.5 Å². The number of carbonyl (C=O) groups excluding carboxylic acids is 1. The Balaban J connectivity index is 1.79. The molecule has 2 heterocycles. The van der Waals surface area contributed by atoms with Gasteiger partial charge in [0.25, 0.3) is 0 Å². The van der Waals surface area contributed by atoms with Crippen molar-refractivity contribution in [3.05, 3.63) is 60.3 Å². The summed E-state index contributed by atoms with van der Waals surface area (Å²) in [6.07, 6.45) is 1.71. The number of esters is 1. The molecule has 0 unspecified atom stereocenters. The summed E-state index contributed by atoms with van der Waals surface area (Å²) in [5.74, 6) is 1.29. The number of ether oxygens (including phenoxy) is 2. The molecular weight excluding hydrogens is 356 g/mol. The normalized spacial score (nSPS) is 10.8. The quantitative estimate of drug-likeness (QED) is 0.528. The van der Waals surface area contributed by atoms with Crippen LogP contribution in [0.5, 0.6) is 5.75 Å². The molecule has 0 saturated heterocycles. The summed E-state index contributed by atoms with van der Waals surface area (Å²) in [7, 11) is 2.98. The number of pyridine rings is 1. The lowest BCUT2D eigenvalue weighted by Crippen LogP contribution is -2.00. The summed E-state index contributed by atoms with van der Waals surface area (Å²) >= 11 is 0. The monoisotopic (exact) mass is 374 g/mol. The maximum absolute atomic E-state index is 11.7. The molecular formula is C21H18N4O3. The minimum Gasteiger partial charge on any atom is -0.497 e. The van der Waals surface area contributed by atoms with Crippen LogP contribution in [-0.2, 0) is 4.74 Å². The van der Waals surface area contributed by atoms with E-state index in [2.05, 4.69) is 15.0 Å². The number of nitrogens with zero attached hydrogens (tertiary/aromatic N) is 2. The number of nitrogens with one attached hydrogen (secondary N) is 1. The van der Waals surface area contributed by atoms with Crippen LogP contribution in [0.2, 0.25) is 0 Å². The molecule has 2 aromatic carbocycles. The van der Waals surface area contributed by atoms with Gasteiger partial charge in [0.1, 0.15) is 17.4 Å². The van der Waals surface area contributed by atoms with Gasteiger partial charge in [-0.1, -0.05) is 12.1 Å². The molecule has 28 heavy (non-hydrogen) atoms. The molecule has 0 bridgehead atoms. The Morgan fingerprint density at radius 2 is 1.93 bits per heavy atom. The zero-order chi connectivity index (χ0) is 19.7.